The second kappa shape index (κ2) is 7.53. The van der Waals surface area contributed by atoms with Crippen molar-refractivity contribution in [2.45, 2.75) is 58.7 Å². The third-order valence-electron chi connectivity index (χ3n) is 6.92. The molecule has 2 aliphatic carbocycles. The summed E-state index contributed by atoms with van der Waals surface area (Å²) in [5.74, 6) is 1.80. The van der Waals surface area contributed by atoms with Crippen LogP contribution in [-0.2, 0) is 14.1 Å². The smallest absolute Gasteiger partial charge is 0.249 e. The van der Waals surface area contributed by atoms with Crippen LogP contribution in [0.1, 0.15) is 40.5 Å². The molecule has 1 saturated carbocycles. The van der Waals surface area contributed by atoms with Gasteiger partial charge in [-0.1, -0.05) is 39.8 Å². The second-order valence-corrected chi connectivity index (χ2v) is 14.3. The molecule has 5 heteroatoms. The van der Waals surface area contributed by atoms with E-state index in [4.69, 9.17) is 9.26 Å². The number of allylic oxidation sites excluding steroid dienone is 1. The number of hydrogen-bond donors (Lipinski definition) is 0. The summed E-state index contributed by atoms with van der Waals surface area (Å²) in [7, 11) is 1.46. The van der Waals surface area contributed by atoms with Crippen molar-refractivity contribution in [2.24, 2.45) is 29.6 Å². The molecule has 0 bridgehead atoms. The van der Waals surface area contributed by atoms with Crippen LogP contribution in [-0.4, -0.2) is 40.1 Å². The molecule has 0 saturated heterocycles. The van der Waals surface area contributed by atoms with Crippen molar-refractivity contribution in [1.82, 2.24) is 5.06 Å². The SMILES string of the molecule is CON(C)C(=O)[C@H]1[C@@H]2CC[C@H](C)[C@H]2C=C[C@H]1CO[Si](C)(C)C(C)(C)C. The van der Waals surface area contributed by atoms with E-state index in [1.165, 1.54) is 11.5 Å². The molecule has 0 aromatic heterocycles. The predicted molar refractivity (Wildman–Crippen MR) is 104 cm³/mol. The van der Waals surface area contributed by atoms with Gasteiger partial charge in [-0.3, -0.25) is 9.63 Å². The Morgan fingerprint density at radius 3 is 2.44 bits per heavy atom. The molecule has 0 aromatic rings. The molecule has 144 valence electrons. The van der Waals surface area contributed by atoms with E-state index in [-0.39, 0.29) is 22.8 Å². The van der Waals surface area contributed by atoms with Crippen LogP contribution in [0.3, 0.4) is 0 Å². The number of carbonyl (C=O) groups excluding carboxylic acids is 1. The van der Waals surface area contributed by atoms with Crippen LogP contribution in [0.2, 0.25) is 18.1 Å². The maximum atomic E-state index is 13.0. The van der Waals surface area contributed by atoms with Crippen molar-refractivity contribution in [1.29, 1.82) is 0 Å². The van der Waals surface area contributed by atoms with Gasteiger partial charge in [0.2, 0.25) is 5.91 Å². The zero-order valence-corrected chi connectivity index (χ0v) is 18.3. The van der Waals surface area contributed by atoms with Crippen LogP contribution in [0.25, 0.3) is 0 Å². The summed E-state index contributed by atoms with van der Waals surface area (Å²) in [5, 5.41) is 1.59. The zero-order valence-electron chi connectivity index (χ0n) is 17.3. The lowest BCUT2D eigenvalue weighted by Gasteiger charge is -2.41. The highest BCUT2D eigenvalue weighted by molar-refractivity contribution is 6.74. The summed E-state index contributed by atoms with van der Waals surface area (Å²) in [6.45, 7) is 14.3. The third kappa shape index (κ3) is 4.20. The molecule has 5 atom stereocenters. The van der Waals surface area contributed by atoms with E-state index in [1.54, 1.807) is 14.2 Å². The average Bonchev–Trinajstić information content (AvgIpc) is 2.91. The molecule has 0 heterocycles. The summed E-state index contributed by atoms with van der Waals surface area (Å²) in [4.78, 5) is 18.2. The molecule has 0 N–H and O–H groups in total. The second-order valence-electron chi connectivity index (χ2n) is 9.46. The molecule has 2 rings (SSSR count). The van der Waals surface area contributed by atoms with Gasteiger partial charge in [0.1, 0.15) is 0 Å². The minimum absolute atomic E-state index is 0.0327. The maximum absolute atomic E-state index is 13.0. The monoisotopic (exact) mass is 367 g/mol. The summed E-state index contributed by atoms with van der Waals surface area (Å²) in [5.41, 5.74) is 0. The lowest BCUT2D eigenvalue weighted by molar-refractivity contribution is -0.178. The Hall–Kier alpha value is -0.653. The molecule has 0 aliphatic heterocycles. The first kappa shape index (κ1) is 20.7. The van der Waals surface area contributed by atoms with Crippen molar-refractivity contribution in [2.75, 3.05) is 20.8 Å². The molecular weight excluding hydrogens is 330 g/mol. The fourth-order valence-corrected chi connectivity index (χ4v) is 5.11. The fraction of sp³-hybridized carbons (Fsp3) is 0.850. The quantitative estimate of drug-likeness (QED) is 0.408. The van der Waals surface area contributed by atoms with Gasteiger partial charge in [0.15, 0.2) is 8.32 Å². The number of amides is 1. The Bertz CT molecular complexity index is 512. The van der Waals surface area contributed by atoms with E-state index < -0.39 is 8.32 Å². The Labute approximate surface area is 155 Å². The molecule has 0 unspecified atom stereocenters. The summed E-state index contributed by atoms with van der Waals surface area (Å²) < 4.78 is 6.48. The first-order valence-corrected chi connectivity index (χ1v) is 12.5. The number of nitrogens with zero attached hydrogens (tertiary/aromatic N) is 1. The van der Waals surface area contributed by atoms with Crippen molar-refractivity contribution < 1.29 is 14.1 Å². The van der Waals surface area contributed by atoms with E-state index >= 15 is 0 Å². The summed E-state index contributed by atoms with van der Waals surface area (Å²) in [6.07, 6.45) is 6.94. The van der Waals surface area contributed by atoms with Crippen LogP contribution >= 0.6 is 0 Å². The maximum Gasteiger partial charge on any atom is 0.249 e. The molecule has 1 fully saturated rings. The molecule has 0 spiro atoms. The van der Waals surface area contributed by atoms with Gasteiger partial charge in [-0.25, -0.2) is 5.06 Å². The summed E-state index contributed by atoms with van der Waals surface area (Å²) in [6, 6.07) is 0. The Morgan fingerprint density at radius 2 is 1.88 bits per heavy atom. The average molecular weight is 368 g/mol. The Kier molecular flexibility index (Phi) is 6.22. The van der Waals surface area contributed by atoms with Crippen molar-refractivity contribution in [3.8, 4) is 0 Å². The standard InChI is InChI=1S/C20H37NO3Si/c1-14-9-11-17-16(14)12-10-15(18(17)19(22)21(5)23-6)13-24-25(7,8)20(2,3)4/h10,12,14-18H,9,11,13H2,1-8H3/t14-,15-,16+,17+,18+/m0/s1. The van der Waals surface area contributed by atoms with Gasteiger partial charge in [0, 0.05) is 19.6 Å². The van der Waals surface area contributed by atoms with E-state index in [1.807, 2.05) is 0 Å². The fourth-order valence-electron chi connectivity index (χ4n) is 4.07. The van der Waals surface area contributed by atoms with Crippen LogP contribution in [0.15, 0.2) is 12.2 Å². The van der Waals surface area contributed by atoms with Crippen LogP contribution in [0.4, 0.5) is 0 Å². The Balaban J connectivity index is 2.21. The van der Waals surface area contributed by atoms with Crippen molar-refractivity contribution >= 4 is 14.2 Å². The number of carbonyl (C=O) groups is 1. The van der Waals surface area contributed by atoms with Gasteiger partial charge >= 0.3 is 0 Å². The summed E-state index contributed by atoms with van der Waals surface area (Å²) >= 11 is 0. The first-order chi connectivity index (χ1) is 11.5. The van der Waals surface area contributed by atoms with Gasteiger partial charge < -0.3 is 4.43 Å². The third-order valence-corrected chi connectivity index (χ3v) is 11.4. The first-order valence-electron chi connectivity index (χ1n) is 9.63. The van der Waals surface area contributed by atoms with Gasteiger partial charge in [0.25, 0.3) is 0 Å². The molecule has 1 amide bonds. The highest BCUT2D eigenvalue weighted by Crippen LogP contribution is 2.48. The van der Waals surface area contributed by atoms with E-state index in [2.05, 4.69) is 52.9 Å². The lowest BCUT2D eigenvalue weighted by Crippen LogP contribution is -2.47. The molecule has 25 heavy (non-hydrogen) atoms. The number of hydrogen-bond acceptors (Lipinski definition) is 3. The normalized spacial score (nSPS) is 32.6. The largest absolute Gasteiger partial charge is 0.416 e. The predicted octanol–water partition coefficient (Wildman–Crippen LogP) is 4.49. The highest BCUT2D eigenvalue weighted by Gasteiger charge is 2.47. The van der Waals surface area contributed by atoms with Crippen molar-refractivity contribution in [3.63, 3.8) is 0 Å². The van der Waals surface area contributed by atoms with E-state index in [0.29, 0.717) is 24.4 Å². The van der Waals surface area contributed by atoms with Gasteiger partial charge in [-0.15, -0.1) is 0 Å². The van der Waals surface area contributed by atoms with Crippen LogP contribution < -0.4 is 0 Å². The molecule has 0 aromatic carbocycles. The highest BCUT2D eigenvalue weighted by atomic mass is 28.4. The molecule has 0 radical (unpaired) electrons. The van der Waals surface area contributed by atoms with Gasteiger partial charge in [0.05, 0.1) is 13.0 Å². The van der Waals surface area contributed by atoms with Gasteiger partial charge in [-0.2, -0.15) is 0 Å². The lowest BCUT2D eigenvalue weighted by atomic mass is 9.70. The molecular formula is C20H37NO3Si. The zero-order chi connectivity index (χ0) is 19.0. The van der Waals surface area contributed by atoms with Gasteiger partial charge in [-0.05, 0) is 48.7 Å². The molecule has 2 aliphatic rings. The van der Waals surface area contributed by atoms with Crippen LogP contribution in [0, 0.1) is 29.6 Å². The minimum atomic E-state index is -1.83. The number of fused-ring (bicyclic) bond motifs is 1. The number of rotatable bonds is 5. The van der Waals surface area contributed by atoms with E-state index in [0.717, 1.165) is 6.42 Å². The number of hydroxylamine groups is 2. The van der Waals surface area contributed by atoms with Crippen molar-refractivity contribution in [3.05, 3.63) is 12.2 Å². The van der Waals surface area contributed by atoms with Crippen LogP contribution in [0.5, 0.6) is 0 Å². The van der Waals surface area contributed by atoms with E-state index in [9.17, 15) is 4.79 Å². The molecule has 4 nitrogen and oxygen atoms in total. The topological polar surface area (TPSA) is 38.8 Å². The minimum Gasteiger partial charge on any atom is -0.416 e. The Morgan fingerprint density at radius 1 is 1.24 bits per heavy atom.